The van der Waals surface area contributed by atoms with Gasteiger partial charge in [-0.25, -0.2) is 13.8 Å². The maximum absolute atomic E-state index is 15.8. The van der Waals surface area contributed by atoms with E-state index in [0.29, 0.717) is 43.3 Å². The van der Waals surface area contributed by atoms with E-state index >= 15 is 4.39 Å². The molecule has 0 saturated carbocycles. The second kappa shape index (κ2) is 12.4. The topological polar surface area (TPSA) is 82.0 Å². The first-order chi connectivity index (χ1) is 19.6. The number of halogens is 2. The van der Waals surface area contributed by atoms with Crippen molar-refractivity contribution in [1.82, 2.24) is 19.8 Å². The summed E-state index contributed by atoms with van der Waals surface area (Å²) in [6.45, 7) is 12.5. The van der Waals surface area contributed by atoms with E-state index in [1.807, 2.05) is 32.6 Å². The molecule has 1 atom stereocenters. The van der Waals surface area contributed by atoms with Gasteiger partial charge in [0.2, 0.25) is 12.3 Å². The summed E-state index contributed by atoms with van der Waals surface area (Å²) in [6, 6.07) is 8.62. The number of pyridine rings is 2. The van der Waals surface area contributed by atoms with E-state index < -0.39 is 11.6 Å². The Morgan fingerprint density at radius 3 is 2.54 bits per heavy atom. The zero-order chi connectivity index (χ0) is 29.8. The van der Waals surface area contributed by atoms with Crippen LogP contribution in [0.5, 0.6) is 0 Å². The monoisotopic (exact) mass is 560 g/mol. The fourth-order valence-electron chi connectivity index (χ4n) is 5.19. The van der Waals surface area contributed by atoms with E-state index in [4.69, 9.17) is 0 Å². The van der Waals surface area contributed by atoms with Gasteiger partial charge >= 0.3 is 0 Å². The fourth-order valence-corrected chi connectivity index (χ4v) is 5.19. The predicted molar refractivity (Wildman–Crippen MR) is 156 cm³/mol. The summed E-state index contributed by atoms with van der Waals surface area (Å²) in [5.74, 6) is -1.14. The zero-order valence-electron chi connectivity index (χ0n) is 23.9. The molecule has 0 radical (unpaired) electrons. The lowest BCUT2D eigenvalue weighted by atomic mass is 10.0. The summed E-state index contributed by atoms with van der Waals surface area (Å²) < 4.78 is 30.7. The molecule has 1 saturated heterocycles. The molecule has 41 heavy (non-hydrogen) atoms. The van der Waals surface area contributed by atoms with Crippen molar-refractivity contribution >= 4 is 29.7 Å². The average molecular weight is 561 g/mol. The van der Waals surface area contributed by atoms with Crippen LogP contribution in [0.25, 0.3) is 11.3 Å². The summed E-state index contributed by atoms with van der Waals surface area (Å²) in [7, 11) is 1.58. The molecule has 1 aliphatic heterocycles. The molecule has 2 amide bonds. The van der Waals surface area contributed by atoms with Crippen LogP contribution in [0.1, 0.15) is 43.5 Å². The zero-order valence-corrected chi connectivity index (χ0v) is 23.9. The molecule has 3 aromatic rings. The summed E-state index contributed by atoms with van der Waals surface area (Å²) >= 11 is 0. The third kappa shape index (κ3) is 5.73. The first-order valence-electron chi connectivity index (χ1n) is 13.4. The van der Waals surface area contributed by atoms with Crippen LogP contribution in [0.4, 0.5) is 20.3 Å². The van der Waals surface area contributed by atoms with E-state index in [9.17, 15) is 14.0 Å². The van der Waals surface area contributed by atoms with Crippen LogP contribution in [0.15, 0.2) is 60.2 Å². The molecule has 1 aliphatic rings. The first-order valence-corrected chi connectivity index (χ1v) is 13.4. The van der Waals surface area contributed by atoms with Crippen LogP contribution in [-0.4, -0.2) is 70.6 Å². The molecule has 3 heterocycles. The van der Waals surface area contributed by atoms with Gasteiger partial charge in [0.15, 0.2) is 5.82 Å². The van der Waals surface area contributed by atoms with Crippen molar-refractivity contribution in [3.05, 3.63) is 83.7 Å². The Hall–Kier alpha value is -4.47. The van der Waals surface area contributed by atoms with Crippen LogP contribution in [0, 0.1) is 18.6 Å². The third-order valence-electron chi connectivity index (χ3n) is 7.20. The summed E-state index contributed by atoms with van der Waals surface area (Å²) in [5.41, 5.74) is 1.93. The predicted octanol–water partition coefficient (Wildman–Crippen LogP) is 5.24. The molecule has 1 aromatic carbocycles. The number of aliphatic imine (C=N–C) groups is 1. The summed E-state index contributed by atoms with van der Waals surface area (Å²) in [6.07, 6.45) is 3.56. The molecule has 10 heteroatoms. The van der Waals surface area contributed by atoms with Crippen LogP contribution >= 0.6 is 0 Å². The Labute approximate surface area is 239 Å². The number of carbonyl (C=O) groups is 2. The molecule has 1 unspecified atom stereocenters. The fraction of sp³-hybridized carbons (Fsp3) is 0.323. The number of hydrogen-bond acceptors (Lipinski definition) is 5. The van der Waals surface area contributed by atoms with Gasteiger partial charge in [-0.15, -0.1) is 0 Å². The smallest absolute Gasteiger partial charge is 0.246 e. The second-order valence-electron chi connectivity index (χ2n) is 10.2. The minimum atomic E-state index is -0.763. The van der Waals surface area contributed by atoms with E-state index in [-0.39, 0.29) is 40.5 Å². The van der Waals surface area contributed by atoms with E-state index in [0.717, 1.165) is 5.56 Å². The average Bonchev–Trinajstić information content (AvgIpc) is 2.96. The number of amides is 2. The first kappa shape index (κ1) is 29.5. The molecule has 8 nitrogen and oxygen atoms in total. The van der Waals surface area contributed by atoms with Crippen molar-refractivity contribution < 1.29 is 18.4 Å². The lowest BCUT2D eigenvalue weighted by molar-refractivity contribution is -0.128. The maximum Gasteiger partial charge on any atom is 0.246 e. The number of benzene rings is 1. The van der Waals surface area contributed by atoms with Gasteiger partial charge in [0.1, 0.15) is 23.2 Å². The molecule has 214 valence electrons. The van der Waals surface area contributed by atoms with Crippen LogP contribution in [-0.2, 0) is 9.59 Å². The van der Waals surface area contributed by atoms with Gasteiger partial charge in [-0.05, 0) is 55.7 Å². The molecule has 0 N–H and O–H groups in total. The van der Waals surface area contributed by atoms with Crippen molar-refractivity contribution in [2.24, 2.45) is 4.99 Å². The number of hydrogen-bond donors (Lipinski definition) is 0. The Kier molecular flexibility index (Phi) is 8.90. The van der Waals surface area contributed by atoms with Gasteiger partial charge in [-0.2, -0.15) is 0 Å². The van der Waals surface area contributed by atoms with Crippen molar-refractivity contribution in [3.63, 3.8) is 0 Å². The number of anilines is 2. The van der Waals surface area contributed by atoms with Crippen LogP contribution < -0.4 is 4.90 Å². The Balaban J connectivity index is 1.95. The van der Waals surface area contributed by atoms with Crippen molar-refractivity contribution in [2.75, 3.05) is 31.6 Å². The highest BCUT2D eigenvalue weighted by Crippen LogP contribution is 2.37. The van der Waals surface area contributed by atoms with E-state index in [2.05, 4.69) is 21.5 Å². The number of aromatic nitrogens is 2. The standard InChI is InChI=1S/C31H34F2N6O2/c1-7-26(41)37-14-15-38(21(5)17-37)30(34-6)23-16-25(33)28(22-10-8-9-11-24(22)32)36-31(23)39(18-40)29-20(4)12-13-35-27(29)19(2)3/h7-13,16,18-19,21H,1,14-15,17H2,2-6H3. The van der Waals surface area contributed by atoms with Gasteiger partial charge in [-0.1, -0.05) is 32.6 Å². The molecular formula is C31H34F2N6O2. The number of aryl methyl sites for hydroxylation is 1. The molecule has 4 rings (SSSR count). The van der Waals surface area contributed by atoms with Crippen molar-refractivity contribution in [1.29, 1.82) is 0 Å². The molecule has 0 spiro atoms. The lowest BCUT2D eigenvalue weighted by Gasteiger charge is -2.41. The Morgan fingerprint density at radius 1 is 1.20 bits per heavy atom. The number of nitrogens with zero attached hydrogens (tertiary/aromatic N) is 6. The second-order valence-corrected chi connectivity index (χ2v) is 10.2. The highest BCUT2D eigenvalue weighted by atomic mass is 19.1. The van der Waals surface area contributed by atoms with Gasteiger partial charge in [0.05, 0.1) is 16.9 Å². The third-order valence-corrected chi connectivity index (χ3v) is 7.20. The minimum Gasteiger partial charge on any atom is -0.350 e. The van der Waals surface area contributed by atoms with Gasteiger partial charge in [-0.3, -0.25) is 24.5 Å². The normalized spacial score (nSPS) is 15.7. The minimum absolute atomic E-state index is 0.0319. The molecule has 0 bridgehead atoms. The van der Waals surface area contributed by atoms with Gasteiger partial charge < -0.3 is 9.80 Å². The van der Waals surface area contributed by atoms with Crippen molar-refractivity contribution in [3.8, 4) is 11.3 Å². The van der Waals surface area contributed by atoms with Crippen molar-refractivity contribution in [2.45, 2.75) is 39.7 Å². The molecule has 1 fully saturated rings. The molecule has 0 aliphatic carbocycles. The number of piperazine rings is 1. The molecular weight excluding hydrogens is 526 g/mol. The number of rotatable bonds is 7. The SMILES string of the molecule is C=CC(=O)N1CCN(C(=NC)c2cc(F)c(-c3ccccc3F)nc2N(C=O)c2c(C)ccnc2C(C)C)C(C)C1. The van der Waals surface area contributed by atoms with E-state index in [1.165, 1.54) is 35.2 Å². The Morgan fingerprint density at radius 2 is 1.93 bits per heavy atom. The maximum atomic E-state index is 15.8. The van der Waals surface area contributed by atoms with Gasteiger partial charge in [0.25, 0.3) is 0 Å². The number of carbonyl (C=O) groups excluding carboxylic acids is 2. The quantitative estimate of drug-likeness (QED) is 0.171. The van der Waals surface area contributed by atoms with Gasteiger partial charge in [0, 0.05) is 44.5 Å². The number of amidine groups is 1. The van der Waals surface area contributed by atoms with Crippen LogP contribution in [0.3, 0.4) is 0 Å². The summed E-state index contributed by atoms with van der Waals surface area (Å²) in [5, 5.41) is 0. The summed E-state index contributed by atoms with van der Waals surface area (Å²) in [4.78, 5) is 43.7. The molecule has 2 aromatic heterocycles. The largest absolute Gasteiger partial charge is 0.350 e. The van der Waals surface area contributed by atoms with Crippen LogP contribution in [0.2, 0.25) is 0 Å². The van der Waals surface area contributed by atoms with E-state index in [1.54, 1.807) is 30.3 Å². The highest BCUT2D eigenvalue weighted by molar-refractivity contribution is 6.07. The lowest BCUT2D eigenvalue weighted by Crippen LogP contribution is -2.55. The Bertz CT molecular complexity index is 1510. The highest BCUT2D eigenvalue weighted by Gasteiger charge is 2.33.